The fourth-order valence-electron chi connectivity index (χ4n) is 4.08. The maximum absolute atomic E-state index is 13.0. The number of fused-ring (bicyclic) bond motifs is 2. The van der Waals surface area contributed by atoms with Crippen LogP contribution in [0.3, 0.4) is 0 Å². The number of aromatic nitrogens is 6. The van der Waals surface area contributed by atoms with Crippen molar-refractivity contribution in [1.82, 2.24) is 34.7 Å². The Kier molecular flexibility index (Phi) is 4.38. The summed E-state index contributed by atoms with van der Waals surface area (Å²) < 4.78 is 1.84. The highest BCUT2D eigenvalue weighted by atomic mass is 16.2. The minimum absolute atomic E-state index is 0.0572. The predicted octanol–water partition coefficient (Wildman–Crippen LogP) is 2.39. The van der Waals surface area contributed by atoms with Gasteiger partial charge in [-0.1, -0.05) is 0 Å². The van der Waals surface area contributed by atoms with Gasteiger partial charge in [-0.2, -0.15) is 4.52 Å². The molecular formula is C21H24N8O. The van der Waals surface area contributed by atoms with Crippen molar-refractivity contribution in [2.75, 3.05) is 32.1 Å². The highest BCUT2D eigenvalue weighted by Gasteiger charge is 2.28. The summed E-state index contributed by atoms with van der Waals surface area (Å²) >= 11 is 0. The van der Waals surface area contributed by atoms with Gasteiger partial charge < -0.3 is 14.8 Å². The molecule has 9 heteroatoms. The van der Waals surface area contributed by atoms with Crippen molar-refractivity contribution in [1.29, 1.82) is 0 Å². The van der Waals surface area contributed by atoms with E-state index in [1.165, 1.54) is 0 Å². The fourth-order valence-corrected chi connectivity index (χ4v) is 4.08. The van der Waals surface area contributed by atoms with Gasteiger partial charge in [0, 0.05) is 38.7 Å². The van der Waals surface area contributed by atoms with Gasteiger partial charge in [0.25, 0.3) is 5.91 Å². The molecule has 154 valence electrons. The van der Waals surface area contributed by atoms with E-state index in [1.807, 2.05) is 65.7 Å². The molecule has 30 heavy (non-hydrogen) atoms. The molecule has 1 amide bonds. The summed E-state index contributed by atoms with van der Waals surface area (Å²) in [5, 5.41) is 13.3. The number of rotatable bonds is 3. The first-order chi connectivity index (χ1) is 14.5. The zero-order chi connectivity index (χ0) is 20.8. The monoisotopic (exact) mass is 404 g/mol. The van der Waals surface area contributed by atoms with E-state index >= 15 is 0 Å². The molecule has 1 N–H and O–H groups in total. The third-order valence-corrected chi connectivity index (χ3v) is 5.73. The second-order valence-electron chi connectivity index (χ2n) is 8.03. The molecule has 4 heterocycles. The highest BCUT2D eigenvalue weighted by Crippen LogP contribution is 2.28. The Balaban J connectivity index is 1.32. The van der Waals surface area contributed by atoms with Crippen molar-refractivity contribution in [3.63, 3.8) is 0 Å². The minimum atomic E-state index is 0.0572. The van der Waals surface area contributed by atoms with Crippen LogP contribution in [0.2, 0.25) is 0 Å². The number of carbonyl (C=O) groups is 1. The topological polar surface area (TPSA) is 95.3 Å². The smallest absolute Gasteiger partial charge is 0.253 e. The average Bonchev–Trinajstić information content (AvgIpc) is 3.34. The lowest BCUT2D eigenvalue weighted by Crippen LogP contribution is -2.38. The van der Waals surface area contributed by atoms with Gasteiger partial charge in [-0.25, -0.2) is 4.98 Å². The van der Waals surface area contributed by atoms with E-state index in [0.717, 1.165) is 47.0 Å². The standard InChI is InChI=1S/C21H24N8O/c1-13-22-16-5-4-15(12-17(16)23-13)21(30)28-10-8-14(9-11-28)20-25-24-18-6-7-19(27(2)3)26-29(18)20/h4-7,12,14H,8-11H2,1-3H3,(H,22,23). The molecule has 5 rings (SSSR count). The molecule has 4 aromatic rings. The van der Waals surface area contributed by atoms with Crippen LogP contribution in [0.4, 0.5) is 5.82 Å². The Hall–Kier alpha value is -3.49. The number of piperidine rings is 1. The molecule has 0 saturated carbocycles. The summed E-state index contributed by atoms with van der Waals surface area (Å²) in [5.41, 5.74) is 3.21. The second kappa shape index (κ2) is 7.08. The van der Waals surface area contributed by atoms with Crippen LogP contribution in [-0.2, 0) is 0 Å². The van der Waals surface area contributed by atoms with E-state index in [1.54, 1.807) is 0 Å². The number of aryl methyl sites for hydroxylation is 1. The second-order valence-corrected chi connectivity index (χ2v) is 8.03. The molecule has 0 aliphatic carbocycles. The number of hydrogen-bond donors (Lipinski definition) is 1. The first-order valence-electron chi connectivity index (χ1n) is 10.1. The SMILES string of the molecule is Cc1nc2ccc(C(=O)N3CCC(c4nnc5ccc(N(C)C)nn45)CC3)cc2[nH]1. The molecule has 3 aromatic heterocycles. The van der Waals surface area contributed by atoms with Crippen molar-refractivity contribution in [2.24, 2.45) is 0 Å². The zero-order valence-corrected chi connectivity index (χ0v) is 17.3. The number of anilines is 1. The number of carbonyl (C=O) groups excluding carboxylic acids is 1. The van der Waals surface area contributed by atoms with Crippen LogP contribution >= 0.6 is 0 Å². The number of amides is 1. The third kappa shape index (κ3) is 3.16. The molecule has 0 bridgehead atoms. The molecular weight excluding hydrogens is 380 g/mol. The Morgan fingerprint density at radius 2 is 1.93 bits per heavy atom. The first kappa shape index (κ1) is 18.5. The zero-order valence-electron chi connectivity index (χ0n) is 17.3. The largest absolute Gasteiger partial charge is 0.361 e. The van der Waals surface area contributed by atoms with E-state index in [9.17, 15) is 4.79 Å². The van der Waals surface area contributed by atoms with E-state index in [4.69, 9.17) is 0 Å². The summed E-state index contributed by atoms with van der Waals surface area (Å²) in [6.45, 7) is 3.29. The quantitative estimate of drug-likeness (QED) is 0.563. The number of imidazole rings is 1. The maximum Gasteiger partial charge on any atom is 0.253 e. The van der Waals surface area contributed by atoms with E-state index in [-0.39, 0.29) is 11.8 Å². The van der Waals surface area contributed by atoms with E-state index < -0.39 is 0 Å². The number of aromatic amines is 1. The number of nitrogens with one attached hydrogen (secondary N) is 1. The van der Waals surface area contributed by atoms with Crippen LogP contribution in [-0.4, -0.2) is 67.8 Å². The summed E-state index contributed by atoms with van der Waals surface area (Å²) in [6.07, 6.45) is 1.68. The summed E-state index contributed by atoms with van der Waals surface area (Å²) in [4.78, 5) is 24.5. The van der Waals surface area contributed by atoms with Gasteiger partial charge in [0.1, 0.15) is 11.6 Å². The number of benzene rings is 1. The Morgan fingerprint density at radius 3 is 2.70 bits per heavy atom. The van der Waals surface area contributed by atoms with Crippen molar-refractivity contribution < 1.29 is 4.79 Å². The van der Waals surface area contributed by atoms with Gasteiger partial charge >= 0.3 is 0 Å². The number of H-pyrrole nitrogens is 1. The van der Waals surface area contributed by atoms with Crippen LogP contribution in [0.25, 0.3) is 16.7 Å². The van der Waals surface area contributed by atoms with Crippen LogP contribution in [0.15, 0.2) is 30.3 Å². The molecule has 1 aliphatic rings. The average molecular weight is 404 g/mol. The molecule has 1 saturated heterocycles. The van der Waals surface area contributed by atoms with Crippen LogP contribution in [0.1, 0.15) is 40.8 Å². The van der Waals surface area contributed by atoms with Crippen molar-refractivity contribution in [3.8, 4) is 0 Å². The molecule has 1 aliphatic heterocycles. The van der Waals surface area contributed by atoms with Gasteiger partial charge in [0.2, 0.25) is 0 Å². The molecule has 9 nitrogen and oxygen atoms in total. The van der Waals surface area contributed by atoms with E-state index in [0.29, 0.717) is 18.7 Å². The van der Waals surface area contributed by atoms with Crippen molar-refractivity contribution >= 4 is 28.4 Å². The predicted molar refractivity (Wildman–Crippen MR) is 114 cm³/mol. The lowest BCUT2D eigenvalue weighted by Gasteiger charge is -2.31. The molecule has 0 atom stereocenters. The summed E-state index contributed by atoms with van der Waals surface area (Å²) in [7, 11) is 3.93. The van der Waals surface area contributed by atoms with Gasteiger partial charge in [0.15, 0.2) is 11.5 Å². The normalized spacial score (nSPS) is 15.2. The Morgan fingerprint density at radius 1 is 1.13 bits per heavy atom. The third-order valence-electron chi connectivity index (χ3n) is 5.73. The number of hydrogen-bond acceptors (Lipinski definition) is 6. The Labute approximate surface area is 173 Å². The fraction of sp³-hybridized carbons (Fsp3) is 0.381. The van der Waals surface area contributed by atoms with Gasteiger partial charge in [-0.05, 0) is 50.1 Å². The van der Waals surface area contributed by atoms with Crippen molar-refractivity contribution in [3.05, 3.63) is 47.5 Å². The Bertz CT molecular complexity index is 1230. The lowest BCUT2D eigenvalue weighted by atomic mass is 9.95. The molecule has 0 spiro atoms. The highest BCUT2D eigenvalue weighted by molar-refractivity contribution is 5.97. The van der Waals surface area contributed by atoms with Crippen molar-refractivity contribution in [2.45, 2.75) is 25.7 Å². The van der Waals surface area contributed by atoms with Crippen LogP contribution in [0.5, 0.6) is 0 Å². The minimum Gasteiger partial charge on any atom is -0.361 e. The number of likely N-dealkylation sites (tertiary alicyclic amines) is 1. The maximum atomic E-state index is 13.0. The number of nitrogens with zero attached hydrogens (tertiary/aromatic N) is 7. The molecule has 1 aromatic carbocycles. The van der Waals surface area contributed by atoms with Gasteiger partial charge in [-0.15, -0.1) is 15.3 Å². The van der Waals surface area contributed by atoms with Crippen LogP contribution < -0.4 is 4.90 Å². The van der Waals surface area contributed by atoms with Gasteiger partial charge in [-0.3, -0.25) is 4.79 Å². The van der Waals surface area contributed by atoms with Crippen LogP contribution in [0, 0.1) is 6.92 Å². The molecule has 0 unspecified atom stereocenters. The first-order valence-corrected chi connectivity index (χ1v) is 10.1. The van der Waals surface area contributed by atoms with E-state index in [2.05, 4.69) is 25.3 Å². The summed E-state index contributed by atoms with van der Waals surface area (Å²) in [5.74, 6) is 2.87. The molecule has 0 radical (unpaired) electrons. The molecule has 1 fully saturated rings. The van der Waals surface area contributed by atoms with Gasteiger partial charge in [0.05, 0.1) is 11.0 Å². The lowest BCUT2D eigenvalue weighted by molar-refractivity contribution is 0.0711. The summed E-state index contributed by atoms with van der Waals surface area (Å²) in [6, 6.07) is 9.52.